The smallest absolute Gasteiger partial charge is 0.0777 e. The van der Waals surface area contributed by atoms with Crippen molar-refractivity contribution in [3.8, 4) is 0 Å². The Bertz CT molecular complexity index is 219. The highest BCUT2D eigenvalue weighted by Crippen LogP contribution is 2.47. The van der Waals surface area contributed by atoms with E-state index in [4.69, 9.17) is 0 Å². The van der Waals surface area contributed by atoms with Gasteiger partial charge >= 0.3 is 0 Å². The number of hydrogen-bond acceptors (Lipinski definition) is 2. The van der Waals surface area contributed by atoms with Crippen LogP contribution in [0.15, 0.2) is 0 Å². The molecule has 17 heavy (non-hydrogen) atoms. The van der Waals surface area contributed by atoms with Crippen LogP contribution in [0, 0.1) is 5.92 Å². The molecule has 0 rings (SSSR count). The van der Waals surface area contributed by atoms with Gasteiger partial charge in [-0.15, -0.1) is 0 Å². The molecule has 0 radical (unpaired) electrons. The Kier molecular flexibility index (Phi) is 6.40. The first-order chi connectivity index (χ1) is 7.69. The van der Waals surface area contributed by atoms with Crippen molar-refractivity contribution in [2.75, 3.05) is 27.2 Å². The lowest BCUT2D eigenvalue weighted by molar-refractivity contribution is -0.0961. The Morgan fingerprint density at radius 2 is 1.47 bits per heavy atom. The second kappa shape index (κ2) is 6.35. The van der Waals surface area contributed by atoms with E-state index in [2.05, 4.69) is 65.4 Å². The van der Waals surface area contributed by atoms with Crippen molar-refractivity contribution in [2.24, 2.45) is 5.92 Å². The highest BCUT2D eigenvalue weighted by atomic mass is 28.1. The maximum atomic E-state index is 2.66. The molecule has 0 aliphatic rings. The maximum Gasteiger partial charge on any atom is 0.0777 e. The van der Waals surface area contributed by atoms with Crippen molar-refractivity contribution in [3.05, 3.63) is 0 Å². The molecule has 0 aliphatic carbocycles. The van der Waals surface area contributed by atoms with Crippen molar-refractivity contribution >= 4 is 10.2 Å². The minimum absolute atomic E-state index is 0.192. The van der Waals surface area contributed by atoms with Gasteiger partial charge in [-0.3, -0.25) is 9.80 Å². The fourth-order valence-electron chi connectivity index (χ4n) is 3.91. The Labute approximate surface area is 112 Å². The molecule has 0 aromatic heterocycles. The zero-order valence-corrected chi connectivity index (χ0v) is 15.6. The van der Waals surface area contributed by atoms with Crippen LogP contribution in [0.2, 0.25) is 5.04 Å². The Morgan fingerprint density at radius 3 is 1.65 bits per heavy atom. The van der Waals surface area contributed by atoms with Crippen LogP contribution in [0.3, 0.4) is 0 Å². The molecule has 2 unspecified atom stereocenters. The van der Waals surface area contributed by atoms with Crippen LogP contribution < -0.4 is 0 Å². The fraction of sp³-hybridized carbons (Fsp3) is 1.00. The van der Waals surface area contributed by atoms with E-state index in [0.29, 0.717) is 11.0 Å². The molecule has 0 aromatic rings. The summed E-state index contributed by atoms with van der Waals surface area (Å²) in [5.74, 6) is 0.685. The van der Waals surface area contributed by atoms with Crippen molar-refractivity contribution in [1.82, 2.24) is 9.80 Å². The van der Waals surface area contributed by atoms with Crippen LogP contribution in [-0.4, -0.2) is 52.9 Å². The van der Waals surface area contributed by atoms with E-state index in [1.54, 1.807) is 0 Å². The third-order valence-electron chi connectivity index (χ3n) is 4.33. The third kappa shape index (κ3) is 2.94. The molecule has 0 heterocycles. The maximum absolute atomic E-state index is 2.66. The average Bonchev–Trinajstić information content (AvgIpc) is 2.22. The van der Waals surface area contributed by atoms with E-state index in [0.717, 1.165) is 13.1 Å². The van der Waals surface area contributed by atoms with Gasteiger partial charge in [-0.1, -0.05) is 48.0 Å². The third-order valence-corrected chi connectivity index (χ3v) is 5.07. The van der Waals surface area contributed by atoms with Gasteiger partial charge in [0.05, 0.1) is 5.66 Å². The van der Waals surface area contributed by atoms with E-state index >= 15 is 0 Å². The summed E-state index contributed by atoms with van der Waals surface area (Å²) in [5, 5.41) is 0.373. The topological polar surface area (TPSA) is 6.48 Å². The quantitative estimate of drug-likeness (QED) is 0.510. The predicted octanol–water partition coefficient (Wildman–Crippen LogP) is 2.20. The van der Waals surface area contributed by atoms with Gasteiger partial charge in [-0.2, -0.15) is 0 Å². The first-order valence-corrected chi connectivity index (χ1v) is 8.12. The minimum Gasteiger partial charge on any atom is -0.291 e. The first-order valence-electron chi connectivity index (χ1n) is 7.12. The summed E-state index contributed by atoms with van der Waals surface area (Å²) in [5.41, 5.74) is 0.192. The molecule has 0 aromatic carbocycles. The predicted molar refractivity (Wildman–Crippen MR) is 82.8 cm³/mol. The van der Waals surface area contributed by atoms with E-state index in [9.17, 15) is 0 Å². The molecular formula is C14H34N2Si. The lowest BCUT2D eigenvalue weighted by Crippen LogP contribution is -2.67. The molecule has 0 N–H and O–H groups in total. The standard InChI is InChI=1S/C14H34N2Si/c1-9-12(4)14(15(7)8,13(5,6)17)16(10-2)11-3/h12H,9-11H2,1-8,17H3. The van der Waals surface area contributed by atoms with E-state index < -0.39 is 0 Å². The summed E-state index contributed by atoms with van der Waals surface area (Å²) in [6, 6.07) is 0. The fourth-order valence-corrected chi connectivity index (χ4v) is 5.17. The van der Waals surface area contributed by atoms with Gasteiger partial charge in [0, 0.05) is 10.2 Å². The normalized spacial score (nSPS) is 18.7. The van der Waals surface area contributed by atoms with Gasteiger partial charge in [0.25, 0.3) is 0 Å². The lowest BCUT2D eigenvalue weighted by atomic mass is 9.78. The Morgan fingerprint density at radius 1 is 1.06 bits per heavy atom. The number of rotatable bonds is 7. The molecule has 2 atom stereocenters. The van der Waals surface area contributed by atoms with Crippen LogP contribution >= 0.6 is 0 Å². The van der Waals surface area contributed by atoms with Crippen LogP contribution in [-0.2, 0) is 0 Å². The first kappa shape index (κ1) is 17.1. The molecule has 0 amide bonds. The SMILES string of the molecule is CCC(C)C(N(C)C)(N(CC)CC)C(C)(C)[SiH3]. The van der Waals surface area contributed by atoms with Crippen molar-refractivity contribution < 1.29 is 0 Å². The van der Waals surface area contributed by atoms with Gasteiger partial charge in [-0.05, 0) is 38.1 Å². The second-order valence-electron chi connectivity index (χ2n) is 6.35. The zero-order valence-electron chi connectivity index (χ0n) is 13.6. The zero-order chi connectivity index (χ0) is 13.9. The molecule has 0 saturated heterocycles. The van der Waals surface area contributed by atoms with Gasteiger partial charge in [-0.25, -0.2) is 0 Å². The summed E-state index contributed by atoms with van der Waals surface area (Å²) in [7, 11) is 5.72. The molecule has 3 heteroatoms. The Balaban J connectivity index is 5.73. The highest BCUT2D eigenvalue weighted by molar-refractivity contribution is 6.15. The molecule has 104 valence electrons. The van der Waals surface area contributed by atoms with E-state index in [1.165, 1.54) is 16.7 Å². The summed E-state index contributed by atoms with van der Waals surface area (Å²) >= 11 is 0. The van der Waals surface area contributed by atoms with Gasteiger partial charge in [0.15, 0.2) is 0 Å². The lowest BCUT2D eigenvalue weighted by Gasteiger charge is -2.59. The summed E-state index contributed by atoms with van der Waals surface area (Å²) in [4.78, 5) is 5.13. The molecule has 0 aliphatic heterocycles. The summed E-state index contributed by atoms with van der Waals surface area (Å²) in [6.45, 7) is 16.4. The van der Waals surface area contributed by atoms with Gasteiger partial charge < -0.3 is 0 Å². The second-order valence-corrected chi connectivity index (χ2v) is 8.85. The largest absolute Gasteiger partial charge is 0.291 e. The number of nitrogens with zero attached hydrogens (tertiary/aromatic N) is 2. The Hall–Kier alpha value is 0.137. The van der Waals surface area contributed by atoms with Crippen molar-refractivity contribution in [3.63, 3.8) is 0 Å². The molecule has 0 bridgehead atoms. The monoisotopic (exact) mass is 258 g/mol. The molecule has 0 spiro atoms. The summed E-state index contributed by atoms with van der Waals surface area (Å²) in [6.07, 6.45) is 1.24. The van der Waals surface area contributed by atoms with Crippen LogP contribution in [0.25, 0.3) is 0 Å². The van der Waals surface area contributed by atoms with E-state index in [-0.39, 0.29) is 5.66 Å². The van der Waals surface area contributed by atoms with Gasteiger partial charge in [0.1, 0.15) is 0 Å². The van der Waals surface area contributed by atoms with Crippen LogP contribution in [0.1, 0.15) is 48.0 Å². The van der Waals surface area contributed by atoms with Crippen molar-refractivity contribution in [1.29, 1.82) is 0 Å². The molecular weight excluding hydrogens is 224 g/mol. The van der Waals surface area contributed by atoms with Crippen LogP contribution in [0.4, 0.5) is 0 Å². The minimum atomic E-state index is 0.192. The summed E-state index contributed by atoms with van der Waals surface area (Å²) < 4.78 is 0. The average molecular weight is 259 g/mol. The number of hydrogen-bond donors (Lipinski definition) is 0. The highest BCUT2D eigenvalue weighted by Gasteiger charge is 2.50. The van der Waals surface area contributed by atoms with Gasteiger partial charge in [0.2, 0.25) is 0 Å². The molecule has 2 nitrogen and oxygen atoms in total. The van der Waals surface area contributed by atoms with Crippen LogP contribution in [0.5, 0.6) is 0 Å². The molecule has 0 fully saturated rings. The van der Waals surface area contributed by atoms with Crippen molar-refractivity contribution in [2.45, 2.75) is 58.7 Å². The molecule has 0 saturated carbocycles. The van der Waals surface area contributed by atoms with E-state index in [1.807, 2.05) is 0 Å².